The van der Waals surface area contributed by atoms with E-state index in [0.29, 0.717) is 13.0 Å². The summed E-state index contributed by atoms with van der Waals surface area (Å²) in [7, 11) is -2.88. The van der Waals surface area contributed by atoms with Crippen LogP contribution in [0, 0.1) is 0 Å². The summed E-state index contributed by atoms with van der Waals surface area (Å²) in [5, 5.41) is 3.46. The molecule has 1 aromatic heterocycles. The van der Waals surface area contributed by atoms with E-state index in [0.717, 1.165) is 25.3 Å². The van der Waals surface area contributed by atoms with Gasteiger partial charge in [-0.2, -0.15) is 0 Å². The Morgan fingerprint density at radius 1 is 1.38 bits per heavy atom. The predicted octanol–water partition coefficient (Wildman–Crippen LogP) is 1.77. The van der Waals surface area contributed by atoms with Gasteiger partial charge in [0.1, 0.15) is 5.82 Å². The van der Waals surface area contributed by atoms with E-state index < -0.39 is 9.84 Å². The largest absolute Gasteiger partial charge is 0.356 e. The van der Waals surface area contributed by atoms with E-state index in [1.54, 1.807) is 0 Å². The van der Waals surface area contributed by atoms with Gasteiger partial charge in [0.25, 0.3) is 0 Å². The molecular formula is C15H25N3O2S. The highest BCUT2D eigenvalue weighted by molar-refractivity contribution is 7.91. The molecule has 2 rings (SSSR count). The van der Waals surface area contributed by atoms with Gasteiger partial charge < -0.3 is 10.2 Å². The molecule has 1 N–H and O–H groups in total. The summed E-state index contributed by atoms with van der Waals surface area (Å²) < 4.78 is 23.4. The van der Waals surface area contributed by atoms with Crippen LogP contribution in [0.5, 0.6) is 0 Å². The Morgan fingerprint density at radius 3 is 2.95 bits per heavy atom. The average molecular weight is 311 g/mol. The van der Waals surface area contributed by atoms with Crippen molar-refractivity contribution in [3.05, 3.63) is 23.9 Å². The maximum Gasteiger partial charge on any atom is 0.152 e. The predicted molar refractivity (Wildman–Crippen MR) is 86.4 cm³/mol. The van der Waals surface area contributed by atoms with Crippen molar-refractivity contribution in [3.63, 3.8) is 0 Å². The summed E-state index contributed by atoms with van der Waals surface area (Å²) in [6.07, 6.45) is 3.60. The number of pyridine rings is 1. The summed E-state index contributed by atoms with van der Waals surface area (Å²) in [5.41, 5.74) is 1.19. The first-order valence-corrected chi connectivity index (χ1v) is 9.48. The van der Waals surface area contributed by atoms with Crippen molar-refractivity contribution in [2.45, 2.75) is 32.7 Å². The molecule has 0 saturated carbocycles. The van der Waals surface area contributed by atoms with Gasteiger partial charge in [-0.25, -0.2) is 13.4 Å². The molecule has 1 atom stereocenters. The van der Waals surface area contributed by atoms with Gasteiger partial charge >= 0.3 is 0 Å². The van der Waals surface area contributed by atoms with Crippen LogP contribution in [-0.4, -0.2) is 44.5 Å². The first-order valence-electron chi connectivity index (χ1n) is 7.66. The van der Waals surface area contributed by atoms with E-state index in [1.165, 1.54) is 5.56 Å². The van der Waals surface area contributed by atoms with Crippen LogP contribution >= 0.6 is 0 Å². The molecule has 1 fully saturated rings. The molecule has 1 unspecified atom stereocenters. The van der Waals surface area contributed by atoms with Crippen LogP contribution in [0.25, 0.3) is 0 Å². The molecule has 118 valence electrons. The highest BCUT2D eigenvalue weighted by atomic mass is 32.2. The summed E-state index contributed by atoms with van der Waals surface area (Å²) >= 11 is 0. The zero-order valence-electron chi connectivity index (χ0n) is 12.9. The lowest BCUT2D eigenvalue weighted by atomic mass is 10.1. The lowest BCUT2D eigenvalue weighted by molar-refractivity contribution is 0.570. The van der Waals surface area contributed by atoms with Gasteiger partial charge in [-0.1, -0.05) is 6.92 Å². The number of sulfone groups is 1. The fraction of sp³-hybridized carbons (Fsp3) is 0.667. The van der Waals surface area contributed by atoms with Gasteiger partial charge in [0.15, 0.2) is 9.84 Å². The fourth-order valence-electron chi connectivity index (χ4n) is 2.52. The molecule has 1 saturated heterocycles. The SMILES string of the molecule is CCCNC(C)c1ccnc(N2CCCS(=O)(=O)CC2)c1. The molecular weight excluding hydrogens is 286 g/mol. The van der Waals surface area contributed by atoms with Gasteiger partial charge in [0.05, 0.1) is 11.5 Å². The molecule has 0 aliphatic carbocycles. The first kappa shape index (κ1) is 16.2. The number of nitrogens with one attached hydrogen (secondary N) is 1. The number of hydrogen-bond donors (Lipinski definition) is 1. The van der Waals surface area contributed by atoms with Crippen LogP contribution in [0.4, 0.5) is 5.82 Å². The van der Waals surface area contributed by atoms with Crippen LogP contribution in [-0.2, 0) is 9.84 Å². The Hall–Kier alpha value is -1.14. The second kappa shape index (κ2) is 7.22. The molecule has 1 aliphatic rings. The van der Waals surface area contributed by atoms with Crippen LogP contribution in [0.3, 0.4) is 0 Å². The molecule has 1 aliphatic heterocycles. The Balaban J connectivity index is 2.09. The third-order valence-electron chi connectivity index (χ3n) is 3.85. The van der Waals surface area contributed by atoms with Gasteiger partial charge in [0, 0.05) is 25.3 Å². The Kier molecular flexibility index (Phi) is 5.58. The fourth-order valence-corrected chi connectivity index (χ4v) is 3.79. The lowest BCUT2D eigenvalue weighted by Gasteiger charge is -2.22. The summed E-state index contributed by atoms with van der Waals surface area (Å²) in [5.74, 6) is 1.40. The molecule has 2 heterocycles. The highest BCUT2D eigenvalue weighted by Gasteiger charge is 2.20. The molecule has 0 spiro atoms. The minimum atomic E-state index is -2.88. The number of aromatic nitrogens is 1. The van der Waals surface area contributed by atoms with Crippen molar-refractivity contribution in [2.75, 3.05) is 36.0 Å². The third kappa shape index (κ3) is 4.68. The van der Waals surface area contributed by atoms with E-state index >= 15 is 0 Å². The Morgan fingerprint density at radius 2 is 2.19 bits per heavy atom. The molecule has 0 aromatic carbocycles. The molecule has 1 aromatic rings. The minimum Gasteiger partial charge on any atom is -0.356 e. The van der Waals surface area contributed by atoms with Gasteiger partial charge in [-0.05, 0) is 44.0 Å². The molecule has 5 nitrogen and oxygen atoms in total. The normalized spacial score (nSPS) is 20.0. The summed E-state index contributed by atoms with van der Waals surface area (Å²) in [4.78, 5) is 6.50. The van der Waals surface area contributed by atoms with E-state index in [9.17, 15) is 8.42 Å². The van der Waals surface area contributed by atoms with Gasteiger partial charge in [0.2, 0.25) is 0 Å². The Labute approximate surface area is 127 Å². The second-order valence-electron chi connectivity index (χ2n) is 5.62. The van der Waals surface area contributed by atoms with Gasteiger partial charge in [-0.15, -0.1) is 0 Å². The number of nitrogens with zero attached hydrogens (tertiary/aromatic N) is 2. The van der Waals surface area contributed by atoms with Crippen molar-refractivity contribution >= 4 is 15.7 Å². The van der Waals surface area contributed by atoms with Crippen LogP contribution in [0.15, 0.2) is 18.3 Å². The molecule has 21 heavy (non-hydrogen) atoms. The molecule has 0 amide bonds. The minimum absolute atomic E-state index is 0.225. The van der Waals surface area contributed by atoms with Crippen molar-refractivity contribution in [1.29, 1.82) is 0 Å². The van der Waals surface area contributed by atoms with Crippen LogP contribution < -0.4 is 10.2 Å². The average Bonchev–Trinajstić information content (AvgIpc) is 2.65. The second-order valence-corrected chi connectivity index (χ2v) is 7.92. The smallest absolute Gasteiger partial charge is 0.152 e. The summed E-state index contributed by atoms with van der Waals surface area (Å²) in [6.45, 7) is 6.57. The lowest BCUT2D eigenvalue weighted by Crippen LogP contribution is -2.28. The van der Waals surface area contributed by atoms with E-state index in [4.69, 9.17) is 0 Å². The number of rotatable bonds is 5. The zero-order chi connectivity index (χ0) is 15.3. The van der Waals surface area contributed by atoms with Gasteiger partial charge in [-0.3, -0.25) is 0 Å². The molecule has 0 radical (unpaired) electrons. The molecule has 6 heteroatoms. The van der Waals surface area contributed by atoms with E-state index in [1.807, 2.05) is 12.3 Å². The van der Waals surface area contributed by atoms with Crippen LogP contribution in [0.1, 0.15) is 38.3 Å². The quantitative estimate of drug-likeness (QED) is 0.898. The van der Waals surface area contributed by atoms with Crippen LogP contribution in [0.2, 0.25) is 0 Å². The summed E-state index contributed by atoms with van der Waals surface area (Å²) in [6, 6.07) is 4.37. The topological polar surface area (TPSA) is 62.3 Å². The highest BCUT2D eigenvalue weighted by Crippen LogP contribution is 2.20. The monoisotopic (exact) mass is 311 g/mol. The van der Waals surface area contributed by atoms with E-state index in [-0.39, 0.29) is 17.5 Å². The molecule has 0 bridgehead atoms. The first-order chi connectivity index (χ1) is 10.0. The van der Waals surface area contributed by atoms with Crippen molar-refractivity contribution < 1.29 is 8.42 Å². The number of hydrogen-bond acceptors (Lipinski definition) is 5. The van der Waals surface area contributed by atoms with Crippen molar-refractivity contribution in [1.82, 2.24) is 10.3 Å². The standard InChI is InChI=1S/C15H25N3O2S/c1-3-6-16-13(2)14-5-7-17-15(12-14)18-8-4-10-21(19,20)11-9-18/h5,7,12-13,16H,3-4,6,8-11H2,1-2H3. The number of anilines is 1. The van der Waals surface area contributed by atoms with Crippen molar-refractivity contribution in [2.24, 2.45) is 0 Å². The maximum atomic E-state index is 11.7. The van der Waals surface area contributed by atoms with Crippen molar-refractivity contribution in [3.8, 4) is 0 Å². The third-order valence-corrected chi connectivity index (χ3v) is 5.56. The Bertz CT molecular complexity index is 560. The maximum absolute atomic E-state index is 11.7. The van der Waals surface area contributed by atoms with E-state index in [2.05, 4.69) is 35.1 Å². The zero-order valence-corrected chi connectivity index (χ0v) is 13.7.